The molecular formula is C8H14OS. The number of hydrogen-bond acceptors (Lipinski definition) is 2. The molecule has 0 aliphatic carbocycles. The van der Waals surface area contributed by atoms with Crippen LogP contribution in [0.4, 0.5) is 0 Å². The molecule has 0 aromatic carbocycles. The van der Waals surface area contributed by atoms with Crippen molar-refractivity contribution >= 4 is 16.9 Å². The number of allylic oxidation sites excluding steroid dienone is 1. The fraction of sp³-hybridized carbons (Fsp3) is 0.625. The van der Waals surface area contributed by atoms with E-state index in [4.69, 9.17) is 0 Å². The maximum Gasteiger partial charge on any atom is 0.212 e. The Morgan fingerprint density at radius 1 is 1.70 bits per heavy atom. The van der Waals surface area contributed by atoms with Crippen molar-refractivity contribution in [1.82, 2.24) is 0 Å². The van der Waals surface area contributed by atoms with Crippen LogP contribution in [0.1, 0.15) is 27.2 Å². The Kier molecular flexibility index (Phi) is 5.40. The van der Waals surface area contributed by atoms with Crippen molar-refractivity contribution in [2.24, 2.45) is 0 Å². The second-order valence-electron chi connectivity index (χ2n) is 2.16. The van der Waals surface area contributed by atoms with Crippen molar-refractivity contribution in [1.29, 1.82) is 0 Å². The highest BCUT2D eigenvalue weighted by molar-refractivity contribution is 8.14. The molecule has 1 unspecified atom stereocenters. The molecule has 0 saturated carbocycles. The zero-order valence-electron chi connectivity index (χ0n) is 6.76. The third-order valence-electron chi connectivity index (χ3n) is 1.20. The molecule has 0 N–H and O–H groups in total. The van der Waals surface area contributed by atoms with Gasteiger partial charge in [-0.2, -0.15) is 0 Å². The molecule has 0 aliphatic heterocycles. The molecule has 0 fully saturated rings. The largest absolute Gasteiger partial charge is 0.282 e. The molecule has 0 amide bonds. The zero-order valence-corrected chi connectivity index (χ0v) is 7.57. The van der Waals surface area contributed by atoms with Gasteiger partial charge in [0.2, 0.25) is 5.12 Å². The number of hydrogen-bond donors (Lipinski definition) is 0. The van der Waals surface area contributed by atoms with Crippen LogP contribution in [0.25, 0.3) is 0 Å². The van der Waals surface area contributed by atoms with E-state index in [0.717, 1.165) is 6.42 Å². The molecule has 0 heterocycles. The second-order valence-corrected chi connectivity index (χ2v) is 3.60. The van der Waals surface area contributed by atoms with Gasteiger partial charge in [0.25, 0.3) is 0 Å². The number of thioether (sulfide) groups is 1. The van der Waals surface area contributed by atoms with Crippen LogP contribution in [-0.2, 0) is 4.79 Å². The summed E-state index contributed by atoms with van der Waals surface area (Å²) in [7, 11) is 0. The molecule has 10 heavy (non-hydrogen) atoms. The molecule has 0 aromatic rings. The van der Waals surface area contributed by atoms with Crippen molar-refractivity contribution in [2.75, 3.05) is 0 Å². The minimum atomic E-state index is 0.164. The molecular weight excluding hydrogens is 144 g/mol. The van der Waals surface area contributed by atoms with Gasteiger partial charge in [0.05, 0.1) is 0 Å². The van der Waals surface area contributed by atoms with Crippen molar-refractivity contribution in [3.05, 3.63) is 12.2 Å². The summed E-state index contributed by atoms with van der Waals surface area (Å²) in [6.07, 6.45) is 4.43. The van der Waals surface area contributed by atoms with Crippen LogP contribution in [0.5, 0.6) is 0 Å². The van der Waals surface area contributed by atoms with E-state index in [9.17, 15) is 4.79 Å². The fourth-order valence-electron chi connectivity index (χ4n) is 0.457. The maximum atomic E-state index is 10.9. The molecule has 0 aliphatic rings. The van der Waals surface area contributed by atoms with E-state index in [2.05, 4.69) is 13.8 Å². The predicted molar refractivity (Wildman–Crippen MR) is 47.2 cm³/mol. The smallest absolute Gasteiger partial charge is 0.212 e. The van der Waals surface area contributed by atoms with Crippen LogP contribution in [-0.4, -0.2) is 10.4 Å². The topological polar surface area (TPSA) is 17.1 Å². The average Bonchev–Trinajstić information content (AvgIpc) is 1.88. The first kappa shape index (κ1) is 9.76. The monoisotopic (exact) mass is 158 g/mol. The first-order chi connectivity index (χ1) is 4.70. The van der Waals surface area contributed by atoms with Gasteiger partial charge in [0.15, 0.2) is 0 Å². The van der Waals surface area contributed by atoms with Crippen LogP contribution >= 0.6 is 11.8 Å². The summed E-state index contributed by atoms with van der Waals surface area (Å²) in [5.74, 6) is 0. The predicted octanol–water partition coefficient (Wildman–Crippen LogP) is 2.62. The highest BCUT2D eigenvalue weighted by Crippen LogP contribution is 2.14. The van der Waals surface area contributed by atoms with E-state index in [1.807, 2.05) is 6.92 Å². The number of rotatable bonds is 3. The summed E-state index contributed by atoms with van der Waals surface area (Å²) in [6, 6.07) is 0. The van der Waals surface area contributed by atoms with Crippen molar-refractivity contribution in [2.45, 2.75) is 32.4 Å². The summed E-state index contributed by atoms with van der Waals surface area (Å²) in [6.45, 7) is 6.00. The minimum Gasteiger partial charge on any atom is -0.282 e. The summed E-state index contributed by atoms with van der Waals surface area (Å²) >= 11 is 1.40. The number of carbonyl (C=O) groups excluding carboxylic acids is 1. The zero-order chi connectivity index (χ0) is 7.98. The molecule has 0 spiro atoms. The van der Waals surface area contributed by atoms with Gasteiger partial charge in [-0.15, -0.1) is 0 Å². The maximum absolute atomic E-state index is 10.9. The van der Waals surface area contributed by atoms with E-state index in [0.29, 0.717) is 5.25 Å². The Balaban J connectivity index is 3.57. The van der Waals surface area contributed by atoms with Gasteiger partial charge in [0.1, 0.15) is 0 Å². The molecule has 0 saturated heterocycles. The molecule has 0 rings (SSSR count). The Bertz CT molecular complexity index is 129. The van der Waals surface area contributed by atoms with Crippen molar-refractivity contribution in [3.63, 3.8) is 0 Å². The lowest BCUT2D eigenvalue weighted by atomic mass is 10.4. The fourth-order valence-corrected chi connectivity index (χ4v) is 1.23. The van der Waals surface area contributed by atoms with Gasteiger partial charge in [0, 0.05) is 5.25 Å². The second kappa shape index (κ2) is 5.54. The Morgan fingerprint density at radius 2 is 2.30 bits per heavy atom. The van der Waals surface area contributed by atoms with E-state index in [1.54, 1.807) is 12.2 Å². The Hall–Kier alpha value is -0.240. The quantitative estimate of drug-likeness (QED) is 0.587. The molecule has 0 bridgehead atoms. The third-order valence-corrected chi connectivity index (χ3v) is 2.30. The van der Waals surface area contributed by atoms with Gasteiger partial charge >= 0.3 is 0 Å². The molecule has 0 aromatic heterocycles. The summed E-state index contributed by atoms with van der Waals surface area (Å²) in [5, 5.41) is 0.612. The first-order valence-corrected chi connectivity index (χ1v) is 4.42. The van der Waals surface area contributed by atoms with E-state index >= 15 is 0 Å². The molecule has 0 radical (unpaired) electrons. The minimum absolute atomic E-state index is 0.164. The van der Waals surface area contributed by atoms with E-state index in [-0.39, 0.29) is 5.12 Å². The number of carbonyl (C=O) groups is 1. The Morgan fingerprint density at radius 3 is 2.70 bits per heavy atom. The van der Waals surface area contributed by atoms with Crippen LogP contribution in [0.3, 0.4) is 0 Å². The molecule has 2 heteroatoms. The van der Waals surface area contributed by atoms with Gasteiger partial charge in [-0.25, -0.2) is 0 Å². The average molecular weight is 158 g/mol. The van der Waals surface area contributed by atoms with Crippen LogP contribution < -0.4 is 0 Å². The Labute approximate surface area is 66.9 Å². The van der Waals surface area contributed by atoms with E-state index < -0.39 is 0 Å². The lowest BCUT2D eigenvalue weighted by molar-refractivity contribution is -0.107. The highest BCUT2D eigenvalue weighted by Gasteiger charge is 2.03. The van der Waals surface area contributed by atoms with Gasteiger partial charge in [-0.3, -0.25) is 4.79 Å². The SMILES string of the molecule is C/C=C/C(=O)SC(C)CC. The van der Waals surface area contributed by atoms with Crippen LogP contribution in [0.2, 0.25) is 0 Å². The lowest BCUT2D eigenvalue weighted by Gasteiger charge is -2.02. The first-order valence-electron chi connectivity index (χ1n) is 3.54. The van der Waals surface area contributed by atoms with Crippen LogP contribution in [0, 0.1) is 0 Å². The molecule has 1 nitrogen and oxygen atoms in total. The van der Waals surface area contributed by atoms with Crippen molar-refractivity contribution in [3.8, 4) is 0 Å². The third kappa shape index (κ3) is 4.62. The summed E-state index contributed by atoms with van der Waals surface area (Å²) in [4.78, 5) is 10.9. The summed E-state index contributed by atoms with van der Waals surface area (Å²) in [5.41, 5.74) is 0. The van der Waals surface area contributed by atoms with Gasteiger partial charge in [-0.1, -0.05) is 31.7 Å². The highest BCUT2D eigenvalue weighted by atomic mass is 32.2. The molecule has 58 valence electrons. The standard InChI is InChI=1S/C8H14OS/c1-4-6-8(9)10-7(3)5-2/h4,6-7H,5H2,1-3H3/b6-4+. The molecule has 1 atom stereocenters. The normalized spacial score (nSPS) is 13.9. The van der Waals surface area contributed by atoms with Crippen LogP contribution in [0.15, 0.2) is 12.2 Å². The van der Waals surface area contributed by atoms with Crippen molar-refractivity contribution < 1.29 is 4.79 Å². The summed E-state index contributed by atoms with van der Waals surface area (Å²) < 4.78 is 0. The lowest BCUT2D eigenvalue weighted by Crippen LogP contribution is -1.97. The van der Waals surface area contributed by atoms with E-state index in [1.165, 1.54) is 11.8 Å². The van der Waals surface area contributed by atoms with Gasteiger partial charge < -0.3 is 0 Å². The van der Waals surface area contributed by atoms with Gasteiger partial charge in [-0.05, 0) is 19.4 Å².